The van der Waals surface area contributed by atoms with Gasteiger partial charge in [-0.15, -0.1) is 0 Å². The topological polar surface area (TPSA) is 107 Å². The Labute approximate surface area is 149 Å². The number of primary sulfonamides is 1. The monoisotopic (exact) mass is 378 g/mol. The third kappa shape index (κ3) is 3.98. The number of fused-ring (bicyclic) bond motifs is 1. The molecule has 0 radical (unpaired) electrons. The molecule has 1 amide bonds. The molecule has 1 aromatic heterocycles. The summed E-state index contributed by atoms with van der Waals surface area (Å²) in [4.78, 5) is 12.1. The Kier molecular flexibility index (Phi) is 4.76. The molecule has 2 aromatic carbocycles. The summed E-state index contributed by atoms with van der Waals surface area (Å²) in [7, 11) is -3.75. The second-order valence-electron chi connectivity index (χ2n) is 5.41. The van der Waals surface area contributed by atoms with Gasteiger partial charge in [0, 0.05) is 17.5 Å². The molecule has 0 aliphatic carbocycles. The summed E-state index contributed by atoms with van der Waals surface area (Å²) in [5.41, 5.74) is 1.35. The van der Waals surface area contributed by atoms with Gasteiger partial charge in [-0.2, -0.15) is 5.10 Å². The summed E-state index contributed by atoms with van der Waals surface area (Å²) < 4.78 is 24.1. The van der Waals surface area contributed by atoms with E-state index in [0.29, 0.717) is 17.3 Å². The zero-order valence-corrected chi connectivity index (χ0v) is 14.6. The number of benzene rings is 2. The van der Waals surface area contributed by atoms with E-state index in [2.05, 4.69) is 10.4 Å². The number of amides is 1. The predicted octanol–water partition coefficient (Wildman–Crippen LogP) is 2.37. The van der Waals surface area contributed by atoms with Crippen molar-refractivity contribution in [3.63, 3.8) is 0 Å². The largest absolute Gasteiger partial charge is 0.326 e. The number of anilines is 1. The lowest BCUT2D eigenvalue weighted by atomic mass is 10.2. The number of nitrogens with two attached hydrogens (primary N) is 1. The highest BCUT2D eigenvalue weighted by atomic mass is 35.5. The number of sulfonamides is 1. The van der Waals surface area contributed by atoms with E-state index < -0.39 is 10.0 Å². The molecule has 0 bridgehead atoms. The SMILES string of the molecule is NS(=O)(=O)c1ccc(NC(=O)CCn2ncc3c(Cl)cccc32)cc1. The van der Waals surface area contributed by atoms with E-state index >= 15 is 0 Å². The van der Waals surface area contributed by atoms with E-state index in [9.17, 15) is 13.2 Å². The van der Waals surface area contributed by atoms with Crippen molar-refractivity contribution in [1.29, 1.82) is 0 Å². The molecule has 3 rings (SSSR count). The van der Waals surface area contributed by atoms with Crippen molar-refractivity contribution in [2.75, 3.05) is 5.32 Å². The molecule has 3 N–H and O–H groups in total. The zero-order valence-electron chi connectivity index (χ0n) is 13.0. The maximum atomic E-state index is 12.1. The Balaban J connectivity index is 1.64. The highest BCUT2D eigenvalue weighted by Crippen LogP contribution is 2.22. The van der Waals surface area contributed by atoms with Crippen LogP contribution in [0.25, 0.3) is 10.9 Å². The van der Waals surface area contributed by atoms with Gasteiger partial charge < -0.3 is 5.32 Å². The van der Waals surface area contributed by atoms with Gasteiger partial charge in [-0.1, -0.05) is 17.7 Å². The number of hydrogen-bond acceptors (Lipinski definition) is 4. The summed E-state index contributed by atoms with van der Waals surface area (Å²) in [5, 5.41) is 13.4. The lowest BCUT2D eigenvalue weighted by molar-refractivity contribution is -0.116. The molecular formula is C16H15ClN4O3S. The van der Waals surface area contributed by atoms with Gasteiger partial charge in [0.15, 0.2) is 0 Å². The standard InChI is InChI=1S/C16H15ClN4O3S/c17-14-2-1-3-15-13(14)10-19-21(15)9-8-16(22)20-11-4-6-12(7-5-11)25(18,23)24/h1-7,10H,8-9H2,(H,20,22)(H2,18,23,24). The van der Waals surface area contributed by atoms with Crippen LogP contribution in [0, 0.1) is 0 Å². The lowest BCUT2D eigenvalue weighted by Crippen LogP contribution is -2.15. The molecule has 7 nitrogen and oxygen atoms in total. The van der Waals surface area contributed by atoms with Crippen LogP contribution in [0.2, 0.25) is 5.02 Å². The smallest absolute Gasteiger partial charge is 0.238 e. The molecule has 1 heterocycles. The van der Waals surface area contributed by atoms with E-state index in [1.807, 2.05) is 12.1 Å². The number of nitrogens with zero attached hydrogens (tertiary/aromatic N) is 2. The first-order chi connectivity index (χ1) is 11.8. The van der Waals surface area contributed by atoms with E-state index in [1.165, 1.54) is 24.3 Å². The summed E-state index contributed by atoms with van der Waals surface area (Å²) in [6.07, 6.45) is 1.88. The van der Waals surface area contributed by atoms with Crippen LogP contribution in [0.5, 0.6) is 0 Å². The first-order valence-corrected chi connectivity index (χ1v) is 9.30. The fraction of sp³-hybridized carbons (Fsp3) is 0.125. The number of aromatic nitrogens is 2. The van der Waals surface area contributed by atoms with E-state index in [1.54, 1.807) is 16.9 Å². The van der Waals surface area contributed by atoms with Crippen LogP contribution in [0.4, 0.5) is 5.69 Å². The lowest BCUT2D eigenvalue weighted by Gasteiger charge is -2.07. The Morgan fingerprint density at radius 3 is 2.60 bits per heavy atom. The van der Waals surface area contributed by atoms with Crippen molar-refractivity contribution < 1.29 is 13.2 Å². The number of carbonyl (C=O) groups is 1. The van der Waals surface area contributed by atoms with Crippen molar-refractivity contribution in [3.05, 3.63) is 53.7 Å². The summed E-state index contributed by atoms with van der Waals surface area (Å²) in [6, 6.07) is 11.2. The number of hydrogen-bond donors (Lipinski definition) is 2. The number of aryl methyl sites for hydroxylation is 1. The first-order valence-electron chi connectivity index (χ1n) is 7.37. The van der Waals surface area contributed by atoms with Crippen molar-refractivity contribution >= 4 is 44.1 Å². The molecule has 3 aromatic rings. The number of rotatable bonds is 5. The minimum Gasteiger partial charge on any atom is -0.326 e. The minimum absolute atomic E-state index is 0.00890. The highest BCUT2D eigenvalue weighted by Gasteiger charge is 2.10. The molecule has 0 aliphatic heterocycles. The Morgan fingerprint density at radius 1 is 1.20 bits per heavy atom. The molecule has 130 valence electrons. The van der Waals surface area contributed by atoms with Crippen LogP contribution >= 0.6 is 11.6 Å². The van der Waals surface area contributed by atoms with Crippen molar-refractivity contribution in [2.45, 2.75) is 17.9 Å². The van der Waals surface area contributed by atoms with Crippen LogP contribution in [0.15, 0.2) is 53.6 Å². The molecule has 9 heteroatoms. The van der Waals surface area contributed by atoms with Crippen LogP contribution in [0.3, 0.4) is 0 Å². The average Bonchev–Trinajstić information content (AvgIpc) is 2.97. The molecule has 0 fully saturated rings. The predicted molar refractivity (Wildman–Crippen MR) is 95.8 cm³/mol. The maximum Gasteiger partial charge on any atom is 0.238 e. The molecule has 25 heavy (non-hydrogen) atoms. The van der Waals surface area contributed by atoms with E-state index in [4.69, 9.17) is 16.7 Å². The van der Waals surface area contributed by atoms with Crippen LogP contribution < -0.4 is 10.5 Å². The molecule has 0 atom stereocenters. The molecule has 0 aliphatic rings. The maximum absolute atomic E-state index is 12.1. The van der Waals surface area contributed by atoms with Gasteiger partial charge in [-0.05, 0) is 36.4 Å². The molecule has 0 unspecified atom stereocenters. The molecular weight excluding hydrogens is 364 g/mol. The van der Waals surface area contributed by atoms with Crippen molar-refractivity contribution in [2.24, 2.45) is 5.14 Å². The second kappa shape index (κ2) is 6.83. The number of nitrogens with one attached hydrogen (secondary N) is 1. The summed E-state index contributed by atoms with van der Waals surface area (Å²) in [5.74, 6) is -0.214. The van der Waals surface area contributed by atoms with Gasteiger partial charge in [0.1, 0.15) is 0 Å². The van der Waals surface area contributed by atoms with E-state index in [0.717, 1.165) is 10.9 Å². The van der Waals surface area contributed by atoms with Crippen molar-refractivity contribution in [3.8, 4) is 0 Å². The van der Waals surface area contributed by atoms with Crippen molar-refractivity contribution in [1.82, 2.24) is 9.78 Å². The fourth-order valence-electron chi connectivity index (χ4n) is 2.41. The van der Waals surface area contributed by atoms with Gasteiger partial charge in [0.05, 0.1) is 28.2 Å². The summed E-state index contributed by atoms with van der Waals surface area (Å²) >= 11 is 6.10. The zero-order chi connectivity index (χ0) is 18.0. The number of carbonyl (C=O) groups excluding carboxylic acids is 1. The van der Waals surface area contributed by atoms with E-state index in [-0.39, 0.29) is 17.2 Å². The number of halogens is 1. The molecule has 0 saturated heterocycles. The molecule has 0 saturated carbocycles. The van der Waals surface area contributed by atoms with Gasteiger partial charge >= 0.3 is 0 Å². The van der Waals surface area contributed by atoms with Gasteiger partial charge in [0.2, 0.25) is 15.9 Å². The van der Waals surface area contributed by atoms with Crippen LogP contribution in [-0.4, -0.2) is 24.1 Å². The molecule has 0 spiro atoms. The van der Waals surface area contributed by atoms with Gasteiger partial charge in [-0.25, -0.2) is 13.6 Å². The van der Waals surface area contributed by atoms with Gasteiger partial charge in [-0.3, -0.25) is 9.48 Å². The first kappa shape index (κ1) is 17.4. The third-order valence-electron chi connectivity index (χ3n) is 3.65. The quantitative estimate of drug-likeness (QED) is 0.710. The van der Waals surface area contributed by atoms with Crippen LogP contribution in [0.1, 0.15) is 6.42 Å². The Morgan fingerprint density at radius 2 is 1.92 bits per heavy atom. The third-order valence-corrected chi connectivity index (χ3v) is 4.91. The fourth-order valence-corrected chi connectivity index (χ4v) is 3.14. The Bertz CT molecular complexity index is 1030. The Hall–Kier alpha value is -2.42. The normalized spacial score (nSPS) is 11.6. The second-order valence-corrected chi connectivity index (χ2v) is 7.38. The van der Waals surface area contributed by atoms with Gasteiger partial charge in [0.25, 0.3) is 0 Å². The summed E-state index contributed by atoms with van der Waals surface area (Å²) in [6.45, 7) is 0.394. The van der Waals surface area contributed by atoms with Crippen LogP contribution in [-0.2, 0) is 21.4 Å². The minimum atomic E-state index is -3.75. The highest BCUT2D eigenvalue weighted by molar-refractivity contribution is 7.89. The average molecular weight is 379 g/mol.